The molecular weight excluding hydrogens is 269 g/mol. The maximum absolute atomic E-state index is 6.04. The van der Waals surface area contributed by atoms with Crippen LogP contribution in [-0.2, 0) is 6.42 Å². The first-order valence-corrected chi connectivity index (χ1v) is 6.67. The molecule has 0 radical (unpaired) electrons. The molecule has 0 aliphatic rings. The molecule has 0 aliphatic heterocycles. The lowest BCUT2D eigenvalue weighted by molar-refractivity contribution is 0.773. The van der Waals surface area contributed by atoms with E-state index in [1.807, 2.05) is 12.1 Å². The third kappa shape index (κ3) is 2.62. The SMILES string of the molecule is CCCCc1[nH]nc(N)c1-c1ccc(Cl)c(Cl)c1. The average molecular weight is 284 g/mol. The fraction of sp³-hybridized carbons (Fsp3) is 0.308. The van der Waals surface area contributed by atoms with Gasteiger partial charge in [0.1, 0.15) is 0 Å². The third-order valence-electron chi connectivity index (χ3n) is 2.86. The highest BCUT2D eigenvalue weighted by Crippen LogP contribution is 2.33. The van der Waals surface area contributed by atoms with Crippen molar-refractivity contribution in [1.29, 1.82) is 0 Å². The number of anilines is 1. The molecule has 2 rings (SSSR count). The Bertz CT molecular complexity index is 549. The van der Waals surface area contributed by atoms with Gasteiger partial charge in [-0.1, -0.05) is 42.6 Å². The zero-order chi connectivity index (χ0) is 13.1. The van der Waals surface area contributed by atoms with Crippen LogP contribution in [0.1, 0.15) is 25.5 Å². The predicted octanol–water partition coefficient (Wildman–Crippen LogP) is 4.31. The van der Waals surface area contributed by atoms with E-state index in [0.717, 1.165) is 36.1 Å². The Morgan fingerprint density at radius 3 is 2.72 bits per heavy atom. The average Bonchev–Trinajstić information content (AvgIpc) is 2.71. The van der Waals surface area contributed by atoms with Gasteiger partial charge in [0.25, 0.3) is 0 Å². The van der Waals surface area contributed by atoms with Gasteiger partial charge in [0.05, 0.1) is 10.0 Å². The zero-order valence-electron chi connectivity index (χ0n) is 10.1. The summed E-state index contributed by atoms with van der Waals surface area (Å²) in [5, 5.41) is 8.13. The number of nitrogens with one attached hydrogen (secondary N) is 1. The van der Waals surface area contributed by atoms with Crippen molar-refractivity contribution in [1.82, 2.24) is 10.2 Å². The van der Waals surface area contributed by atoms with Crippen LogP contribution in [0.2, 0.25) is 10.0 Å². The van der Waals surface area contributed by atoms with Gasteiger partial charge in [0.2, 0.25) is 0 Å². The van der Waals surface area contributed by atoms with Gasteiger partial charge in [0, 0.05) is 11.3 Å². The van der Waals surface area contributed by atoms with E-state index >= 15 is 0 Å². The van der Waals surface area contributed by atoms with E-state index in [1.165, 1.54) is 0 Å². The fourth-order valence-corrected chi connectivity index (χ4v) is 2.20. The summed E-state index contributed by atoms with van der Waals surface area (Å²) >= 11 is 12.0. The molecule has 3 nitrogen and oxygen atoms in total. The van der Waals surface area contributed by atoms with Gasteiger partial charge >= 0.3 is 0 Å². The number of aromatic nitrogens is 2. The van der Waals surface area contributed by atoms with E-state index in [0.29, 0.717) is 15.9 Å². The number of aromatic amines is 1. The van der Waals surface area contributed by atoms with Crippen molar-refractivity contribution in [2.75, 3.05) is 5.73 Å². The lowest BCUT2D eigenvalue weighted by atomic mass is 10.0. The van der Waals surface area contributed by atoms with Crippen molar-refractivity contribution in [3.05, 3.63) is 33.9 Å². The monoisotopic (exact) mass is 283 g/mol. The number of rotatable bonds is 4. The van der Waals surface area contributed by atoms with Crippen molar-refractivity contribution in [2.45, 2.75) is 26.2 Å². The van der Waals surface area contributed by atoms with E-state index in [1.54, 1.807) is 6.07 Å². The van der Waals surface area contributed by atoms with Gasteiger partial charge in [-0.25, -0.2) is 0 Å². The molecule has 1 aromatic carbocycles. The second-order valence-electron chi connectivity index (χ2n) is 4.19. The molecular formula is C13H15Cl2N3. The van der Waals surface area contributed by atoms with E-state index in [-0.39, 0.29) is 0 Å². The summed E-state index contributed by atoms with van der Waals surface area (Å²) in [5.74, 6) is 0.500. The van der Waals surface area contributed by atoms with Crippen LogP contribution in [-0.4, -0.2) is 10.2 Å². The molecule has 0 atom stereocenters. The van der Waals surface area contributed by atoms with Crippen molar-refractivity contribution >= 4 is 29.0 Å². The number of aryl methyl sites for hydroxylation is 1. The van der Waals surface area contributed by atoms with Crippen LogP contribution in [0.4, 0.5) is 5.82 Å². The molecule has 0 spiro atoms. The third-order valence-corrected chi connectivity index (χ3v) is 3.60. The number of halogens is 2. The maximum Gasteiger partial charge on any atom is 0.153 e. The summed E-state index contributed by atoms with van der Waals surface area (Å²) in [5.41, 5.74) is 8.84. The highest BCUT2D eigenvalue weighted by atomic mass is 35.5. The van der Waals surface area contributed by atoms with E-state index in [9.17, 15) is 0 Å². The molecule has 0 aliphatic carbocycles. The van der Waals surface area contributed by atoms with Crippen LogP contribution in [0.25, 0.3) is 11.1 Å². The summed E-state index contributed by atoms with van der Waals surface area (Å²) in [4.78, 5) is 0. The normalized spacial score (nSPS) is 10.8. The molecule has 2 aromatic rings. The lowest BCUT2D eigenvalue weighted by Crippen LogP contribution is -1.91. The summed E-state index contributed by atoms with van der Waals surface area (Å²) < 4.78 is 0. The standard InChI is InChI=1S/C13H15Cl2N3/c1-2-3-4-11-12(13(16)18-17-11)8-5-6-9(14)10(15)7-8/h5-7H,2-4H2,1H3,(H3,16,17,18). The fourth-order valence-electron chi connectivity index (χ4n) is 1.90. The zero-order valence-corrected chi connectivity index (χ0v) is 11.6. The topological polar surface area (TPSA) is 54.7 Å². The summed E-state index contributed by atoms with van der Waals surface area (Å²) in [6.07, 6.45) is 3.14. The Kier molecular flexibility index (Phi) is 4.15. The molecule has 0 fully saturated rings. The first kappa shape index (κ1) is 13.2. The smallest absolute Gasteiger partial charge is 0.153 e. The Balaban J connectivity index is 2.42. The summed E-state index contributed by atoms with van der Waals surface area (Å²) in [6, 6.07) is 5.50. The van der Waals surface area contributed by atoms with Crippen molar-refractivity contribution in [3.8, 4) is 11.1 Å². The van der Waals surface area contributed by atoms with Gasteiger partial charge in [-0.3, -0.25) is 5.10 Å². The molecule has 5 heteroatoms. The van der Waals surface area contributed by atoms with Gasteiger partial charge < -0.3 is 5.73 Å². The number of nitrogens with two attached hydrogens (primary N) is 1. The Morgan fingerprint density at radius 1 is 1.28 bits per heavy atom. The molecule has 0 saturated carbocycles. The molecule has 1 aromatic heterocycles. The summed E-state index contributed by atoms with van der Waals surface area (Å²) in [6.45, 7) is 2.15. The largest absolute Gasteiger partial charge is 0.382 e. The second kappa shape index (κ2) is 5.63. The minimum atomic E-state index is 0.500. The number of H-pyrrole nitrogens is 1. The number of benzene rings is 1. The van der Waals surface area contributed by atoms with Gasteiger partial charge in [-0.2, -0.15) is 5.10 Å². The first-order chi connectivity index (χ1) is 8.63. The van der Waals surface area contributed by atoms with Crippen LogP contribution in [0.15, 0.2) is 18.2 Å². The van der Waals surface area contributed by atoms with Crippen LogP contribution in [0.5, 0.6) is 0 Å². The van der Waals surface area contributed by atoms with Gasteiger partial charge in [-0.15, -0.1) is 0 Å². The molecule has 3 N–H and O–H groups in total. The number of hydrogen-bond donors (Lipinski definition) is 2. The van der Waals surface area contributed by atoms with Crippen LogP contribution >= 0.6 is 23.2 Å². The lowest BCUT2D eigenvalue weighted by Gasteiger charge is -2.05. The van der Waals surface area contributed by atoms with Gasteiger partial charge in [0.15, 0.2) is 5.82 Å². The molecule has 1 heterocycles. The Hall–Kier alpha value is -1.19. The van der Waals surface area contributed by atoms with Crippen molar-refractivity contribution in [2.24, 2.45) is 0 Å². The first-order valence-electron chi connectivity index (χ1n) is 5.91. The minimum Gasteiger partial charge on any atom is -0.382 e. The van der Waals surface area contributed by atoms with Crippen LogP contribution in [0.3, 0.4) is 0 Å². The van der Waals surface area contributed by atoms with Crippen LogP contribution in [0, 0.1) is 0 Å². The van der Waals surface area contributed by atoms with Gasteiger partial charge in [-0.05, 0) is 30.5 Å². The Labute approximate surface area is 116 Å². The molecule has 18 heavy (non-hydrogen) atoms. The van der Waals surface area contributed by atoms with Crippen LogP contribution < -0.4 is 5.73 Å². The number of unbranched alkanes of at least 4 members (excludes halogenated alkanes) is 1. The minimum absolute atomic E-state index is 0.500. The Morgan fingerprint density at radius 2 is 2.06 bits per heavy atom. The molecule has 96 valence electrons. The quantitative estimate of drug-likeness (QED) is 0.879. The number of nitrogen functional groups attached to an aromatic ring is 1. The van der Waals surface area contributed by atoms with Crippen molar-refractivity contribution < 1.29 is 0 Å². The van der Waals surface area contributed by atoms with Crippen molar-refractivity contribution in [3.63, 3.8) is 0 Å². The predicted molar refractivity (Wildman–Crippen MR) is 77.1 cm³/mol. The highest BCUT2D eigenvalue weighted by Gasteiger charge is 2.13. The summed E-state index contributed by atoms with van der Waals surface area (Å²) in [7, 11) is 0. The molecule has 0 unspecified atom stereocenters. The van der Waals surface area contributed by atoms with E-state index < -0.39 is 0 Å². The second-order valence-corrected chi connectivity index (χ2v) is 5.01. The van der Waals surface area contributed by atoms with E-state index in [4.69, 9.17) is 28.9 Å². The highest BCUT2D eigenvalue weighted by molar-refractivity contribution is 6.42. The molecule has 0 amide bonds. The number of hydrogen-bond acceptors (Lipinski definition) is 2. The molecule has 0 saturated heterocycles. The molecule has 0 bridgehead atoms. The van der Waals surface area contributed by atoms with E-state index in [2.05, 4.69) is 17.1 Å². The maximum atomic E-state index is 6.04. The number of nitrogens with zero attached hydrogens (tertiary/aromatic N) is 1.